The van der Waals surface area contributed by atoms with E-state index in [1.807, 2.05) is 0 Å². The van der Waals surface area contributed by atoms with E-state index in [0.29, 0.717) is 6.07 Å². The average molecular weight is 269 g/mol. The van der Waals surface area contributed by atoms with Crippen LogP contribution in [0.25, 0.3) is 10.9 Å². The molecule has 0 amide bonds. The van der Waals surface area contributed by atoms with Gasteiger partial charge >= 0.3 is 11.6 Å². The number of aromatic nitrogens is 1. The van der Waals surface area contributed by atoms with E-state index in [4.69, 9.17) is 4.42 Å². The molecular formula is C12H9F2NO4. The maximum absolute atomic E-state index is 13.1. The second kappa shape index (κ2) is 5.13. The molecule has 0 aliphatic rings. The Kier molecular flexibility index (Phi) is 3.55. The van der Waals surface area contributed by atoms with Gasteiger partial charge in [0, 0.05) is 6.07 Å². The van der Waals surface area contributed by atoms with Gasteiger partial charge in [-0.3, -0.25) is 4.79 Å². The van der Waals surface area contributed by atoms with Gasteiger partial charge in [-0.15, -0.1) is 0 Å². The third-order valence-corrected chi connectivity index (χ3v) is 2.32. The Morgan fingerprint density at radius 3 is 2.74 bits per heavy atom. The minimum Gasteiger partial charge on any atom is -0.466 e. The number of nitrogens with zero attached hydrogens (tertiary/aromatic N) is 1. The zero-order valence-corrected chi connectivity index (χ0v) is 9.91. The predicted molar refractivity (Wildman–Crippen MR) is 60.5 cm³/mol. The minimum absolute atomic E-state index is 0.0746. The van der Waals surface area contributed by atoms with Crippen LogP contribution in [-0.2, 0) is 16.0 Å². The lowest BCUT2D eigenvalue weighted by molar-refractivity contribution is -0.142. The summed E-state index contributed by atoms with van der Waals surface area (Å²) in [6.45, 7) is 1.80. The number of rotatable bonds is 3. The van der Waals surface area contributed by atoms with Crippen molar-refractivity contribution in [3.63, 3.8) is 0 Å². The molecule has 100 valence electrons. The van der Waals surface area contributed by atoms with Gasteiger partial charge in [0.05, 0.1) is 17.5 Å². The second-order valence-corrected chi connectivity index (χ2v) is 3.66. The van der Waals surface area contributed by atoms with Crippen LogP contribution < -0.4 is 5.63 Å². The van der Waals surface area contributed by atoms with Gasteiger partial charge in [0.2, 0.25) is 5.89 Å². The van der Waals surface area contributed by atoms with Crippen LogP contribution in [0.2, 0.25) is 0 Å². The van der Waals surface area contributed by atoms with Gasteiger partial charge in [0.25, 0.3) is 0 Å². The fourth-order valence-electron chi connectivity index (χ4n) is 1.52. The maximum atomic E-state index is 13.1. The number of esters is 1. The predicted octanol–water partition coefficient (Wildman–Crippen LogP) is 1.57. The van der Waals surface area contributed by atoms with Crippen molar-refractivity contribution in [2.45, 2.75) is 13.3 Å². The maximum Gasteiger partial charge on any atom is 0.346 e. The minimum atomic E-state index is -1.17. The van der Waals surface area contributed by atoms with E-state index in [0.717, 1.165) is 6.07 Å². The van der Waals surface area contributed by atoms with Crippen molar-refractivity contribution in [1.29, 1.82) is 0 Å². The summed E-state index contributed by atoms with van der Waals surface area (Å²) in [6, 6.07) is 1.48. The number of benzene rings is 1. The Morgan fingerprint density at radius 1 is 1.37 bits per heavy atom. The van der Waals surface area contributed by atoms with E-state index < -0.39 is 23.2 Å². The average Bonchev–Trinajstić information content (AvgIpc) is 2.32. The quantitative estimate of drug-likeness (QED) is 0.791. The van der Waals surface area contributed by atoms with Gasteiger partial charge in [-0.2, -0.15) is 0 Å². The Labute approximate surface area is 105 Å². The molecule has 0 fully saturated rings. The van der Waals surface area contributed by atoms with Gasteiger partial charge in [-0.05, 0) is 13.0 Å². The van der Waals surface area contributed by atoms with E-state index in [1.165, 1.54) is 0 Å². The summed E-state index contributed by atoms with van der Waals surface area (Å²) in [5.74, 6) is -3.13. The number of hydrogen-bond donors (Lipinski definition) is 0. The first kappa shape index (κ1) is 13.1. The van der Waals surface area contributed by atoms with Crippen molar-refractivity contribution in [2.75, 3.05) is 6.61 Å². The van der Waals surface area contributed by atoms with Crippen LogP contribution in [-0.4, -0.2) is 17.6 Å². The molecule has 7 heteroatoms. The van der Waals surface area contributed by atoms with Crippen molar-refractivity contribution < 1.29 is 22.7 Å². The lowest BCUT2D eigenvalue weighted by Crippen LogP contribution is -2.12. The molecule has 0 spiro atoms. The van der Waals surface area contributed by atoms with Crippen LogP contribution in [0.15, 0.2) is 21.3 Å². The summed E-state index contributed by atoms with van der Waals surface area (Å²) in [5.41, 5.74) is -0.961. The summed E-state index contributed by atoms with van der Waals surface area (Å²) >= 11 is 0. The number of halogens is 2. The van der Waals surface area contributed by atoms with Gasteiger partial charge in [0.1, 0.15) is 6.42 Å². The van der Waals surface area contributed by atoms with Gasteiger partial charge in [0.15, 0.2) is 11.6 Å². The third kappa shape index (κ3) is 2.75. The zero-order valence-electron chi connectivity index (χ0n) is 9.91. The molecule has 0 N–H and O–H groups in total. The van der Waals surface area contributed by atoms with E-state index in [-0.39, 0.29) is 29.8 Å². The molecule has 0 radical (unpaired) electrons. The number of ether oxygens (including phenoxy) is 1. The van der Waals surface area contributed by atoms with Gasteiger partial charge in [-0.1, -0.05) is 0 Å². The fourth-order valence-corrected chi connectivity index (χ4v) is 1.52. The van der Waals surface area contributed by atoms with Gasteiger partial charge < -0.3 is 9.15 Å². The van der Waals surface area contributed by atoms with E-state index in [9.17, 15) is 18.4 Å². The Hall–Kier alpha value is -2.31. The first-order valence-corrected chi connectivity index (χ1v) is 5.45. The third-order valence-electron chi connectivity index (χ3n) is 2.32. The number of carbonyl (C=O) groups is 1. The van der Waals surface area contributed by atoms with Crippen molar-refractivity contribution in [2.24, 2.45) is 0 Å². The standard InChI is InChI=1S/C12H9F2NO4/c1-2-18-11(16)5-10-15-9-4-8(14)7(13)3-6(9)12(17)19-10/h3-4H,2,5H2,1H3. The second-order valence-electron chi connectivity index (χ2n) is 3.66. The summed E-state index contributed by atoms with van der Waals surface area (Å²) in [6.07, 6.45) is -0.349. The largest absolute Gasteiger partial charge is 0.466 e. The van der Waals surface area contributed by atoms with Gasteiger partial charge in [-0.25, -0.2) is 18.6 Å². The molecule has 0 unspecified atom stereocenters. The molecule has 1 aromatic heterocycles. The molecule has 0 aliphatic carbocycles. The molecule has 2 rings (SSSR count). The normalized spacial score (nSPS) is 10.7. The molecule has 0 saturated carbocycles. The lowest BCUT2D eigenvalue weighted by atomic mass is 10.2. The SMILES string of the molecule is CCOC(=O)Cc1nc2cc(F)c(F)cc2c(=O)o1. The molecule has 1 aromatic carbocycles. The van der Waals surface area contributed by atoms with Crippen molar-refractivity contribution in [3.05, 3.63) is 40.1 Å². The highest BCUT2D eigenvalue weighted by molar-refractivity contribution is 5.78. The molecule has 0 bridgehead atoms. The smallest absolute Gasteiger partial charge is 0.346 e. The molecule has 0 saturated heterocycles. The Balaban J connectivity index is 2.46. The van der Waals surface area contributed by atoms with Crippen LogP contribution in [0, 0.1) is 11.6 Å². The van der Waals surface area contributed by atoms with Crippen LogP contribution in [0.5, 0.6) is 0 Å². The zero-order chi connectivity index (χ0) is 14.0. The summed E-state index contributed by atoms with van der Waals surface area (Å²) in [4.78, 5) is 26.6. The first-order chi connectivity index (χ1) is 9.01. The van der Waals surface area contributed by atoms with Crippen molar-refractivity contribution in [3.8, 4) is 0 Å². The molecule has 0 aliphatic heterocycles. The molecule has 5 nitrogen and oxygen atoms in total. The highest BCUT2D eigenvalue weighted by atomic mass is 19.2. The Morgan fingerprint density at radius 2 is 2.05 bits per heavy atom. The fraction of sp³-hybridized carbons (Fsp3) is 0.250. The lowest BCUT2D eigenvalue weighted by Gasteiger charge is -2.02. The van der Waals surface area contributed by atoms with Crippen molar-refractivity contribution in [1.82, 2.24) is 4.98 Å². The number of hydrogen-bond acceptors (Lipinski definition) is 5. The molecular weight excluding hydrogens is 260 g/mol. The summed E-state index contributed by atoms with van der Waals surface area (Å²) in [5, 5.41) is -0.188. The van der Waals surface area contributed by atoms with E-state index in [1.54, 1.807) is 6.92 Å². The monoisotopic (exact) mass is 269 g/mol. The summed E-state index contributed by atoms with van der Waals surface area (Å²) in [7, 11) is 0. The van der Waals surface area contributed by atoms with Crippen LogP contribution in [0.4, 0.5) is 8.78 Å². The van der Waals surface area contributed by atoms with Crippen LogP contribution >= 0.6 is 0 Å². The molecule has 0 atom stereocenters. The highest BCUT2D eigenvalue weighted by Gasteiger charge is 2.14. The Bertz CT molecular complexity index is 696. The van der Waals surface area contributed by atoms with E-state index in [2.05, 4.69) is 9.72 Å². The topological polar surface area (TPSA) is 69.4 Å². The van der Waals surface area contributed by atoms with Crippen molar-refractivity contribution >= 4 is 16.9 Å². The molecule has 2 aromatic rings. The molecule has 1 heterocycles. The first-order valence-electron chi connectivity index (χ1n) is 5.45. The number of fused-ring (bicyclic) bond motifs is 1. The highest BCUT2D eigenvalue weighted by Crippen LogP contribution is 2.14. The van der Waals surface area contributed by atoms with E-state index >= 15 is 0 Å². The number of carbonyl (C=O) groups excluding carboxylic acids is 1. The molecule has 19 heavy (non-hydrogen) atoms. The van der Waals surface area contributed by atoms with Crippen LogP contribution in [0.1, 0.15) is 12.8 Å². The summed E-state index contributed by atoms with van der Waals surface area (Å²) < 4.78 is 35.4. The van der Waals surface area contributed by atoms with Crippen LogP contribution in [0.3, 0.4) is 0 Å².